The van der Waals surface area contributed by atoms with Gasteiger partial charge in [-0.2, -0.15) is 0 Å². The molecular weight excluding hydrogens is 280 g/mol. The van der Waals surface area contributed by atoms with Crippen molar-refractivity contribution in [1.82, 2.24) is 10.3 Å². The summed E-state index contributed by atoms with van der Waals surface area (Å²) < 4.78 is 11.3. The van der Waals surface area contributed by atoms with E-state index in [1.165, 1.54) is 18.4 Å². The van der Waals surface area contributed by atoms with E-state index in [2.05, 4.69) is 16.4 Å². The van der Waals surface area contributed by atoms with Crippen molar-refractivity contribution in [2.24, 2.45) is 5.92 Å². The van der Waals surface area contributed by atoms with Crippen LogP contribution in [0.25, 0.3) is 0 Å². The molecule has 0 unspecified atom stereocenters. The minimum atomic E-state index is 0.209. The van der Waals surface area contributed by atoms with E-state index >= 15 is 0 Å². The first-order chi connectivity index (χ1) is 10.9. The molecule has 1 aromatic heterocycles. The van der Waals surface area contributed by atoms with E-state index in [0.29, 0.717) is 24.5 Å². The van der Waals surface area contributed by atoms with Crippen LogP contribution in [0.3, 0.4) is 0 Å². The molecule has 0 aromatic carbocycles. The number of ether oxygens (including phenoxy) is 2. The van der Waals surface area contributed by atoms with Crippen molar-refractivity contribution in [3.8, 4) is 5.75 Å². The van der Waals surface area contributed by atoms with Gasteiger partial charge in [-0.05, 0) is 55.7 Å². The fourth-order valence-corrected chi connectivity index (χ4v) is 2.88. The van der Waals surface area contributed by atoms with Gasteiger partial charge < -0.3 is 19.9 Å². The lowest BCUT2D eigenvalue weighted by Gasteiger charge is -2.27. The number of aliphatic hydroxyl groups excluding tert-OH is 1. The van der Waals surface area contributed by atoms with Crippen LogP contribution < -0.4 is 10.1 Å². The number of aromatic nitrogens is 1. The van der Waals surface area contributed by atoms with E-state index in [-0.39, 0.29) is 6.61 Å². The summed E-state index contributed by atoms with van der Waals surface area (Å²) >= 11 is 0. The number of nitrogens with zero attached hydrogens (tertiary/aromatic N) is 1. The Morgan fingerprint density at radius 2 is 2.23 bits per heavy atom. The summed E-state index contributed by atoms with van der Waals surface area (Å²) in [5.74, 6) is 2.20. The second kappa shape index (κ2) is 7.90. The molecule has 2 aliphatic rings. The molecule has 22 heavy (non-hydrogen) atoms. The van der Waals surface area contributed by atoms with Gasteiger partial charge in [0.25, 0.3) is 0 Å². The Labute approximate surface area is 132 Å². The first-order valence-corrected chi connectivity index (χ1v) is 8.36. The fraction of sp³-hybridized carbons (Fsp3) is 0.706. The van der Waals surface area contributed by atoms with Crippen LogP contribution in [0.15, 0.2) is 18.5 Å². The summed E-state index contributed by atoms with van der Waals surface area (Å²) in [7, 11) is 0. The van der Waals surface area contributed by atoms with Gasteiger partial charge in [-0.1, -0.05) is 0 Å². The van der Waals surface area contributed by atoms with Gasteiger partial charge in [0.1, 0.15) is 12.4 Å². The minimum absolute atomic E-state index is 0.209. The van der Waals surface area contributed by atoms with Gasteiger partial charge in [-0.15, -0.1) is 0 Å². The minimum Gasteiger partial charge on any atom is -0.490 e. The summed E-state index contributed by atoms with van der Waals surface area (Å²) in [6, 6.07) is 2.65. The molecule has 0 bridgehead atoms. The van der Waals surface area contributed by atoms with Gasteiger partial charge in [-0.3, -0.25) is 4.98 Å². The number of pyridine rings is 1. The van der Waals surface area contributed by atoms with E-state index < -0.39 is 0 Å². The Morgan fingerprint density at radius 3 is 3.00 bits per heavy atom. The van der Waals surface area contributed by atoms with Crippen molar-refractivity contribution < 1.29 is 14.6 Å². The highest BCUT2D eigenvalue weighted by molar-refractivity contribution is 5.30. The molecule has 5 heteroatoms. The lowest BCUT2D eigenvalue weighted by molar-refractivity contribution is 0.111. The van der Waals surface area contributed by atoms with Crippen LogP contribution >= 0.6 is 0 Å². The van der Waals surface area contributed by atoms with Crippen molar-refractivity contribution in [3.05, 3.63) is 24.0 Å². The van der Waals surface area contributed by atoms with Gasteiger partial charge in [0, 0.05) is 32.1 Å². The Morgan fingerprint density at radius 1 is 1.32 bits per heavy atom. The molecule has 2 heterocycles. The highest BCUT2D eigenvalue weighted by Gasteiger charge is 2.38. The van der Waals surface area contributed by atoms with Crippen LogP contribution in [0.2, 0.25) is 0 Å². The zero-order valence-corrected chi connectivity index (χ0v) is 13.0. The lowest BCUT2D eigenvalue weighted by atomic mass is 10.1. The summed E-state index contributed by atoms with van der Waals surface area (Å²) in [4.78, 5) is 4.32. The first-order valence-electron chi connectivity index (χ1n) is 8.36. The molecule has 2 N–H and O–H groups in total. The third kappa shape index (κ3) is 4.41. The average molecular weight is 306 g/mol. The quantitative estimate of drug-likeness (QED) is 0.644. The Kier molecular flexibility index (Phi) is 5.64. The normalized spacial score (nSPS) is 26.5. The zero-order chi connectivity index (χ0) is 15.2. The molecule has 122 valence electrons. The predicted octanol–water partition coefficient (Wildman–Crippen LogP) is 1.71. The molecule has 1 saturated heterocycles. The maximum Gasteiger partial charge on any atom is 0.137 e. The van der Waals surface area contributed by atoms with Crippen LogP contribution in [0.4, 0.5) is 0 Å². The highest BCUT2D eigenvalue weighted by Crippen LogP contribution is 2.49. The van der Waals surface area contributed by atoms with E-state index in [1.54, 1.807) is 6.20 Å². The molecule has 1 aromatic rings. The van der Waals surface area contributed by atoms with Gasteiger partial charge >= 0.3 is 0 Å². The van der Waals surface area contributed by atoms with Gasteiger partial charge in [-0.25, -0.2) is 0 Å². The number of hydrogen-bond acceptors (Lipinski definition) is 5. The molecule has 1 aliphatic carbocycles. The Bertz CT molecular complexity index is 465. The summed E-state index contributed by atoms with van der Waals surface area (Å²) in [5.41, 5.74) is 1.29. The molecule has 0 spiro atoms. The summed E-state index contributed by atoms with van der Waals surface area (Å²) in [5, 5.41) is 12.0. The number of hydrogen-bond donors (Lipinski definition) is 2. The van der Waals surface area contributed by atoms with Crippen molar-refractivity contribution >= 4 is 0 Å². The second-order valence-electron chi connectivity index (χ2n) is 6.29. The van der Waals surface area contributed by atoms with Crippen LogP contribution in [0.5, 0.6) is 5.75 Å². The van der Waals surface area contributed by atoms with Crippen molar-refractivity contribution in [2.45, 2.75) is 37.6 Å². The van der Waals surface area contributed by atoms with E-state index in [9.17, 15) is 0 Å². The monoisotopic (exact) mass is 306 g/mol. The van der Waals surface area contributed by atoms with Gasteiger partial charge in [0.05, 0.1) is 6.20 Å². The fourth-order valence-electron chi connectivity index (χ4n) is 2.88. The molecular formula is C17H26N2O3. The largest absolute Gasteiger partial charge is 0.490 e. The average Bonchev–Trinajstić information content (AvgIpc) is 3.25. The second-order valence-corrected chi connectivity index (χ2v) is 6.29. The van der Waals surface area contributed by atoms with Crippen LogP contribution in [0, 0.1) is 5.92 Å². The number of nitrogens with one attached hydrogen (secondary N) is 1. The topological polar surface area (TPSA) is 63.6 Å². The maximum absolute atomic E-state index is 8.70. The maximum atomic E-state index is 8.70. The molecule has 1 saturated carbocycles. The lowest BCUT2D eigenvalue weighted by Crippen LogP contribution is -2.46. The van der Waals surface area contributed by atoms with Gasteiger partial charge in [0.15, 0.2) is 0 Å². The predicted molar refractivity (Wildman–Crippen MR) is 84.1 cm³/mol. The SMILES string of the molecule is OCCCOCC[C@H]1C[C@@H]1c1cncc(OC[C@@H]2CCN2)c1. The number of aliphatic hydroxyl groups is 1. The third-order valence-electron chi connectivity index (χ3n) is 4.54. The van der Waals surface area contributed by atoms with Gasteiger partial charge in [0.2, 0.25) is 0 Å². The van der Waals surface area contributed by atoms with Crippen LogP contribution in [-0.2, 0) is 4.74 Å². The van der Waals surface area contributed by atoms with Crippen LogP contribution in [-0.4, -0.2) is 49.1 Å². The van der Waals surface area contributed by atoms with E-state index in [0.717, 1.165) is 38.3 Å². The van der Waals surface area contributed by atoms with Crippen molar-refractivity contribution in [3.63, 3.8) is 0 Å². The van der Waals surface area contributed by atoms with Crippen molar-refractivity contribution in [1.29, 1.82) is 0 Å². The Hall–Kier alpha value is -1.17. The first kappa shape index (κ1) is 15.7. The smallest absolute Gasteiger partial charge is 0.137 e. The highest BCUT2D eigenvalue weighted by atomic mass is 16.5. The van der Waals surface area contributed by atoms with Crippen LogP contribution in [0.1, 0.15) is 37.2 Å². The number of rotatable bonds is 10. The molecule has 0 amide bonds. The van der Waals surface area contributed by atoms with Crippen molar-refractivity contribution in [2.75, 3.05) is 33.0 Å². The molecule has 5 nitrogen and oxygen atoms in total. The molecule has 3 atom stereocenters. The zero-order valence-electron chi connectivity index (χ0n) is 13.0. The summed E-state index contributed by atoms with van der Waals surface area (Å²) in [6.45, 7) is 3.50. The molecule has 1 aliphatic heterocycles. The van der Waals surface area contributed by atoms with E-state index in [4.69, 9.17) is 14.6 Å². The summed E-state index contributed by atoms with van der Waals surface area (Å²) in [6.07, 6.45) is 8.01. The van der Waals surface area contributed by atoms with E-state index in [1.807, 2.05) is 6.20 Å². The standard InChI is InChI=1S/C17H26N2O3/c20-5-1-6-21-7-3-13-9-17(13)14-8-16(11-18-10-14)22-12-15-2-4-19-15/h8,10-11,13,15,17,19-20H,1-7,9,12H2/t13-,15-,17-/m0/s1. The molecule has 2 fully saturated rings. The molecule has 0 radical (unpaired) electrons. The third-order valence-corrected chi connectivity index (χ3v) is 4.54. The molecule has 3 rings (SSSR count). The Balaban J connectivity index is 1.39.